The van der Waals surface area contributed by atoms with Gasteiger partial charge in [0, 0.05) is 58.3 Å². The molecule has 3 heterocycles. The Morgan fingerprint density at radius 1 is 1.03 bits per heavy atom. The van der Waals surface area contributed by atoms with Crippen molar-refractivity contribution in [3.8, 4) is 5.75 Å². The lowest BCUT2D eigenvalue weighted by molar-refractivity contribution is 0.0603. The van der Waals surface area contributed by atoms with Crippen molar-refractivity contribution in [2.45, 2.75) is 18.9 Å². The van der Waals surface area contributed by atoms with Crippen molar-refractivity contribution in [3.63, 3.8) is 0 Å². The Kier molecular flexibility index (Phi) is 6.20. The maximum Gasteiger partial charge on any atom is 0.271 e. The number of piperazine rings is 1. The maximum absolute atomic E-state index is 13.8. The van der Waals surface area contributed by atoms with Gasteiger partial charge in [-0.1, -0.05) is 0 Å². The van der Waals surface area contributed by atoms with Crippen molar-refractivity contribution < 1.29 is 19.1 Å². The van der Waals surface area contributed by atoms with Gasteiger partial charge in [-0.05, 0) is 32.0 Å². The van der Waals surface area contributed by atoms with Crippen LogP contribution < -0.4 is 4.74 Å². The van der Waals surface area contributed by atoms with Gasteiger partial charge in [0.05, 0.1) is 30.8 Å². The predicted molar refractivity (Wildman–Crippen MR) is 119 cm³/mol. The van der Waals surface area contributed by atoms with Crippen LogP contribution in [0.4, 0.5) is 0 Å². The van der Waals surface area contributed by atoms with Crippen LogP contribution in [0.1, 0.15) is 33.7 Å². The van der Waals surface area contributed by atoms with Gasteiger partial charge in [-0.25, -0.2) is 0 Å². The van der Waals surface area contributed by atoms with Crippen molar-refractivity contribution in [2.24, 2.45) is 7.05 Å². The average Bonchev–Trinajstić information content (AvgIpc) is 3.36. The van der Waals surface area contributed by atoms with Crippen molar-refractivity contribution in [1.29, 1.82) is 0 Å². The van der Waals surface area contributed by atoms with Gasteiger partial charge in [-0.3, -0.25) is 9.59 Å². The quantitative estimate of drug-likeness (QED) is 0.727. The smallest absolute Gasteiger partial charge is 0.271 e. The second-order valence-corrected chi connectivity index (χ2v) is 8.51. The van der Waals surface area contributed by atoms with E-state index in [1.807, 2.05) is 39.6 Å². The van der Waals surface area contributed by atoms with Crippen LogP contribution in [-0.2, 0) is 11.8 Å². The molecule has 2 aliphatic rings. The molecule has 2 amide bonds. The molecule has 2 fully saturated rings. The average molecular weight is 429 g/mol. The topological polar surface area (TPSA) is 67.2 Å². The largest absolute Gasteiger partial charge is 0.497 e. The third-order valence-electron chi connectivity index (χ3n) is 6.61. The van der Waals surface area contributed by atoms with Crippen LogP contribution in [0, 0.1) is 0 Å². The fourth-order valence-corrected chi connectivity index (χ4v) is 4.78. The Morgan fingerprint density at radius 3 is 2.45 bits per heavy atom. The number of ether oxygens (including phenoxy) is 2. The molecule has 2 aromatic rings. The molecule has 1 atom stereocenters. The lowest BCUT2D eigenvalue weighted by atomic mass is 10.1. The molecule has 2 saturated heterocycles. The number of fused-ring (bicyclic) bond motifs is 1. The van der Waals surface area contributed by atoms with Gasteiger partial charge >= 0.3 is 0 Å². The standard InChI is InChI=1S/C23H32N4O4/c1-24-10-12-26(13-11-24)23(29)21-20(22(28)27-9-5-6-16(27)15-30-3)18-8-7-17(31-4)14-19(18)25(21)2/h7-8,14,16H,5-6,9-13,15H2,1-4H3/t16-/m1/s1. The predicted octanol–water partition coefficient (Wildman–Crippen LogP) is 1.83. The SMILES string of the molecule is COC[C@H]1CCCN1C(=O)c1c(C(=O)N2CCN(C)CC2)n(C)c2cc(OC)ccc12. The number of carbonyl (C=O) groups is 2. The number of methoxy groups -OCH3 is 2. The number of aryl methyl sites for hydroxylation is 1. The molecule has 168 valence electrons. The fourth-order valence-electron chi connectivity index (χ4n) is 4.78. The number of hydrogen-bond acceptors (Lipinski definition) is 5. The van der Waals surface area contributed by atoms with Crippen LogP contribution in [0.25, 0.3) is 10.9 Å². The summed E-state index contributed by atoms with van der Waals surface area (Å²) in [6, 6.07) is 5.67. The molecule has 0 saturated carbocycles. The third-order valence-corrected chi connectivity index (χ3v) is 6.61. The Bertz CT molecular complexity index is 978. The minimum Gasteiger partial charge on any atom is -0.497 e. The number of hydrogen-bond donors (Lipinski definition) is 0. The van der Waals surface area contributed by atoms with E-state index in [-0.39, 0.29) is 17.9 Å². The molecule has 1 aromatic carbocycles. The fraction of sp³-hybridized carbons (Fsp3) is 0.565. The van der Waals surface area contributed by atoms with Gasteiger partial charge in [-0.15, -0.1) is 0 Å². The Balaban J connectivity index is 1.81. The van der Waals surface area contributed by atoms with Crippen molar-refractivity contribution in [1.82, 2.24) is 19.3 Å². The molecule has 8 heteroatoms. The van der Waals surface area contributed by atoms with Gasteiger partial charge in [-0.2, -0.15) is 0 Å². The molecule has 0 aliphatic carbocycles. The summed E-state index contributed by atoms with van der Waals surface area (Å²) >= 11 is 0. The number of aromatic nitrogens is 1. The molecule has 0 radical (unpaired) electrons. The summed E-state index contributed by atoms with van der Waals surface area (Å²) < 4.78 is 12.6. The van der Waals surface area contributed by atoms with Crippen molar-refractivity contribution >= 4 is 22.7 Å². The van der Waals surface area contributed by atoms with Gasteiger partial charge in [0.25, 0.3) is 11.8 Å². The summed E-state index contributed by atoms with van der Waals surface area (Å²) in [5, 5.41) is 0.786. The molecule has 2 aliphatic heterocycles. The number of amides is 2. The highest BCUT2D eigenvalue weighted by atomic mass is 16.5. The number of rotatable bonds is 5. The molecular formula is C23H32N4O4. The van der Waals surface area contributed by atoms with Gasteiger partial charge in [0.1, 0.15) is 11.4 Å². The zero-order valence-corrected chi connectivity index (χ0v) is 18.9. The van der Waals surface area contributed by atoms with E-state index in [0.29, 0.717) is 43.2 Å². The summed E-state index contributed by atoms with van der Waals surface area (Å²) in [4.78, 5) is 33.4. The first kappa shape index (κ1) is 21.6. The van der Waals surface area contributed by atoms with E-state index in [4.69, 9.17) is 9.47 Å². The van der Waals surface area contributed by atoms with Gasteiger partial charge in [0.15, 0.2) is 0 Å². The molecule has 0 N–H and O–H groups in total. The lowest BCUT2D eigenvalue weighted by Crippen LogP contribution is -2.48. The maximum atomic E-state index is 13.8. The van der Waals surface area contributed by atoms with Crippen LogP contribution in [0.3, 0.4) is 0 Å². The molecule has 4 rings (SSSR count). The summed E-state index contributed by atoms with van der Waals surface area (Å²) in [6.07, 6.45) is 1.86. The number of likely N-dealkylation sites (tertiary alicyclic amines) is 1. The van der Waals surface area contributed by atoms with Crippen LogP contribution in [-0.4, -0.2) is 97.7 Å². The van der Waals surface area contributed by atoms with E-state index in [1.54, 1.807) is 14.2 Å². The molecule has 0 bridgehead atoms. The number of carbonyl (C=O) groups excluding carboxylic acids is 2. The molecule has 8 nitrogen and oxygen atoms in total. The molecule has 1 aromatic heterocycles. The Morgan fingerprint density at radius 2 is 1.77 bits per heavy atom. The van der Waals surface area contributed by atoms with E-state index in [0.717, 1.165) is 36.8 Å². The highest BCUT2D eigenvalue weighted by Gasteiger charge is 2.36. The Hall–Kier alpha value is -2.58. The van der Waals surface area contributed by atoms with Crippen LogP contribution in [0.5, 0.6) is 5.75 Å². The van der Waals surface area contributed by atoms with Crippen LogP contribution in [0.2, 0.25) is 0 Å². The summed E-state index contributed by atoms with van der Waals surface area (Å²) in [5.41, 5.74) is 1.77. The van der Waals surface area contributed by atoms with Crippen LogP contribution in [0.15, 0.2) is 18.2 Å². The van der Waals surface area contributed by atoms with E-state index >= 15 is 0 Å². The molecule has 31 heavy (non-hydrogen) atoms. The first-order chi connectivity index (χ1) is 15.0. The number of likely N-dealkylation sites (N-methyl/N-ethyl adjacent to an activating group) is 1. The summed E-state index contributed by atoms with van der Waals surface area (Å²) in [6.45, 7) is 4.16. The first-order valence-electron chi connectivity index (χ1n) is 10.9. The minimum atomic E-state index is -0.0900. The molecule has 0 spiro atoms. The van der Waals surface area contributed by atoms with Gasteiger partial charge in [0.2, 0.25) is 0 Å². The van der Waals surface area contributed by atoms with E-state index in [2.05, 4.69) is 11.9 Å². The van der Waals surface area contributed by atoms with E-state index < -0.39 is 0 Å². The van der Waals surface area contributed by atoms with Crippen LogP contribution >= 0.6 is 0 Å². The van der Waals surface area contributed by atoms with Gasteiger partial charge < -0.3 is 28.7 Å². The number of benzene rings is 1. The normalized spacial score (nSPS) is 19.9. The minimum absolute atomic E-state index is 0.0394. The zero-order valence-electron chi connectivity index (χ0n) is 18.9. The summed E-state index contributed by atoms with van der Waals surface area (Å²) in [5.74, 6) is 0.522. The monoisotopic (exact) mass is 428 g/mol. The highest BCUT2D eigenvalue weighted by molar-refractivity contribution is 6.16. The second-order valence-electron chi connectivity index (χ2n) is 8.51. The first-order valence-corrected chi connectivity index (χ1v) is 10.9. The highest BCUT2D eigenvalue weighted by Crippen LogP contribution is 2.32. The molecular weight excluding hydrogens is 396 g/mol. The third kappa shape index (κ3) is 3.90. The van der Waals surface area contributed by atoms with Crippen molar-refractivity contribution in [2.75, 3.05) is 60.6 Å². The Labute approximate surface area is 183 Å². The summed E-state index contributed by atoms with van der Waals surface area (Å²) in [7, 11) is 7.20. The zero-order chi connectivity index (χ0) is 22.1. The second kappa shape index (κ2) is 8.88. The van der Waals surface area contributed by atoms with Crippen molar-refractivity contribution in [3.05, 3.63) is 29.5 Å². The molecule has 0 unspecified atom stereocenters. The lowest BCUT2D eigenvalue weighted by Gasteiger charge is -2.33. The number of nitrogens with zero attached hydrogens (tertiary/aromatic N) is 4. The van der Waals surface area contributed by atoms with E-state index in [9.17, 15) is 9.59 Å². The van der Waals surface area contributed by atoms with E-state index in [1.165, 1.54) is 0 Å².